The summed E-state index contributed by atoms with van der Waals surface area (Å²) >= 11 is 0. The molecule has 2 amide bonds. The van der Waals surface area contributed by atoms with Gasteiger partial charge in [0.15, 0.2) is 5.54 Å². The van der Waals surface area contributed by atoms with Crippen LogP contribution >= 0.6 is 0 Å². The third-order valence-corrected chi connectivity index (χ3v) is 7.22. The smallest absolute Gasteiger partial charge is 0.263 e. The summed E-state index contributed by atoms with van der Waals surface area (Å²) in [5.41, 5.74) is 5.84. The van der Waals surface area contributed by atoms with Gasteiger partial charge < -0.3 is 25.6 Å². The van der Waals surface area contributed by atoms with Crippen molar-refractivity contribution >= 4 is 28.3 Å². The van der Waals surface area contributed by atoms with Crippen LogP contribution in [0.4, 0.5) is 5.69 Å². The minimum atomic E-state index is -1.98. The molecule has 5 atom stereocenters. The van der Waals surface area contributed by atoms with Crippen molar-refractivity contribution in [3.8, 4) is 6.07 Å². The van der Waals surface area contributed by atoms with Crippen LogP contribution in [-0.4, -0.2) is 51.5 Å². The summed E-state index contributed by atoms with van der Waals surface area (Å²) < 4.78 is 6.04. The second-order valence-electron chi connectivity index (χ2n) is 8.54. The molecule has 0 aromatic heterocycles. The van der Waals surface area contributed by atoms with E-state index in [0.717, 1.165) is 4.90 Å². The molecule has 2 N–H and O–H groups in total. The summed E-state index contributed by atoms with van der Waals surface area (Å²) in [5.74, 6) is -2.69. The molecule has 3 unspecified atom stereocenters. The number of hydrogen-bond acceptors (Lipinski definition) is 7. The number of fused-ring (bicyclic) bond motifs is 6. The van der Waals surface area contributed by atoms with Crippen LogP contribution in [0.15, 0.2) is 41.5 Å². The molecule has 0 saturated carbocycles. The summed E-state index contributed by atoms with van der Waals surface area (Å²) in [4.78, 5) is 28.4. The van der Waals surface area contributed by atoms with E-state index in [1.165, 1.54) is 19.1 Å². The maximum atomic E-state index is 13.8. The Hall–Kier alpha value is -3.19. The number of rotatable bonds is 4. The molecule has 158 valence electrons. The first-order chi connectivity index (χ1) is 14.8. The minimum absolute atomic E-state index is 0.0500. The highest BCUT2D eigenvalue weighted by Gasteiger charge is 2.84. The monoisotopic (exact) mass is 419 g/mol. The van der Waals surface area contributed by atoms with Crippen LogP contribution in [0.25, 0.3) is 16.3 Å². The van der Waals surface area contributed by atoms with E-state index in [1.54, 1.807) is 24.3 Å². The molecule has 9 heteroatoms. The highest BCUT2D eigenvalue weighted by molar-refractivity contribution is 6.29. The topological polar surface area (TPSA) is 146 Å². The number of anilines is 1. The fourth-order valence-electron chi connectivity index (χ4n) is 5.87. The first-order valence-electron chi connectivity index (χ1n) is 9.97. The van der Waals surface area contributed by atoms with Gasteiger partial charge in [-0.15, -0.1) is 0 Å². The SMILES string of the molecule is CC12OC(CCO)(C[C@H]1O)[C@]1(N=[N-])C(=O)N(c3ccc(C#N)c4ccccc34)C(=O)C21. The predicted octanol–water partition coefficient (Wildman–Crippen LogP) is 1.64. The molecule has 3 heterocycles. The summed E-state index contributed by atoms with van der Waals surface area (Å²) in [6.07, 6.45) is -1.21. The number of ether oxygens (including phenoxy) is 1. The lowest BCUT2D eigenvalue weighted by Gasteiger charge is -2.42. The summed E-state index contributed by atoms with van der Waals surface area (Å²) in [6.45, 7) is 1.15. The van der Waals surface area contributed by atoms with E-state index in [0.29, 0.717) is 16.3 Å². The van der Waals surface area contributed by atoms with Crippen LogP contribution in [0, 0.1) is 17.2 Å². The Morgan fingerprint density at radius 3 is 2.65 bits per heavy atom. The lowest BCUT2D eigenvalue weighted by molar-refractivity contribution is -0.134. The second-order valence-corrected chi connectivity index (χ2v) is 8.54. The van der Waals surface area contributed by atoms with Gasteiger partial charge in [0.2, 0.25) is 5.91 Å². The Labute approximate surface area is 177 Å². The third-order valence-electron chi connectivity index (χ3n) is 7.22. The molecular formula is C22H19N4O5-. The van der Waals surface area contributed by atoms with E-state index in [-0.39, 0.29) is 25.1 Å². The van der Waals surface area contributed by atoms with Crippen LogP contribution in [0.2, 0.25) is 0 Å². The van der Waals surface area contributed by atoms with Gasteiger partial charge in [-0.05, 0) is 19.1 Å². The van der Waals surface area contributed by atoms with E-state index in [4.69, 9.17) is 4.74 Å². The maximum absolute atomic E-state index is 13.8. The van der Waals surface area contributed by atoms with Crippen molar-refractivity contribution < 1.29 is 24.5 Å². The first-order valence-corrected chi connectivity index (χ1v) is 9.97. The molecule has 31 heavy (non-hydrogen) atoms. The van der Waals surface area contributed by atoms with Crippen molar-refractivity contribution in [1.82, 2.24) is 0 Å². The maximum Gasteiger partial charge on any atom is 0.263 e. The molecule has 9 nitrogen and oxygen atoms in total. The van der Waals surface area contributed by atoms with Crippen molar-refractivity contribution in [3.63, 3.8) is 0 Å². The van der Waals surface area contributed by atoms with E-state index >= 15 is 0 Å². The average Bonchev–Trinajstić information content (AvgIpc) is 3.25. The first kappa shape index (κ1) is 19.8. The van der Waals surface area contributed by atoms with Crippen LogP contribution in [0.3, 0.4) is 0 Å². The number of amides is 2. The Balaban J connectivity index is 1.76. The minimum Gasteiger partial charge on any atom is -0.711 e. The average molecular weight is 419 g/mol. The molecule has 3 aliphatic rings. The van der Waals surface area contributed by atoms with E-state index in [2.05, 4.69) is 11.2 Å². The summed E-state index contributed by atoms with van der Waals surface area (Å²) in [5, 5.41) is 34.3. The molecule has 0 spiro atoms. The van der Waals surface area contributed by atoms with E-state index < -0.39 is 40.6 Å². The van der Waals surface area contributed by atoms with Crippen molar-refractivity contribution in [2.45, 2.75) is 42.6 Å². The zero-order valence-electron chi connectivity index (χ0n) is 16.6. The lowest BCUT2D eigenvalue weighted by Crippen LogP contribution is -2.61. The Morgan fingerprint density at radius 2 is 2.00 bits per heavy atom. The van der Waals surface area contributed by atoms with Crippen LogP contribution in [-0.2, 0) is 14.3 Å². The van der Waals surface area contributed by atoms with E-state index in [1.807, 2.05) is 0 Å². The predicted molar refractivity (Wildman–Crippen MR) is 108 cm³/mol. The van der Waals surface area contributed by atoms with Gasteiger partial charge in [0.05, 0.1) is 23.4 Å². The molecule has 3 fully saturated rings. The third kappa shape index (κ3) is 2.05. The number of carbonyl (C=O) groups excluding carboxylic acids is 2. The molecule has 3 aliphatic heterocycles. The molecule has 0 aliphatic carbocycles. The van der Waals surface area contributed by atoms with Gasteiger partial charge >= 0.3 is 0 Å². The number of imide groups is 1. The Morgan fingerprint density at radius 1 is 1.29 bits per heavy atom. The lowest BCUT2D eigenvalue weighted by atomic mass is 9.61. The Bertz CT molecular complexity index is 1210. The highest BCUT2D eigenvalue weighted by Crippen LogP contribution is 2.66. The normalized spacial score (nSPS) is 36.1. The quantitative estimate of drug-likeness (QED) is 0.569. The van der Waals surface area contributed by atoms with Gasteiger partial charge in [-0.25, -0.2) is 4.90 Å². The van der Waals surface area contributed by atoms with E-state index in [9.17, 15) is 30.6 Å². The van der Waals surface area contributed by atoms with Gasteiger partial charge in [0, 0.05) is 30.2 Å². The number of nitriles is 1. The van der Waals surface area contributed by atoms with Gasteiger partial charge in [0.25, 0.3) is 5.91 Å². The van der Waals surface area contributed by atoms with Gasteiger partial charge in [-0.1, -0.05) is 24.3 Å². The van der Waals surface area contributed by atoms with Crippen molar-refractivity contribution in [2.24, 2.45) is 11.0 Å². The molecule has 2 bridgehead atoms. The molecule has 2 aromatic carbocycles. The molecule has 3 saturated heterocycles. The number of hydrogen-bond donors (Lipinski definition) is 2. The second kappa shape index (κ2) is 6.17. The zero-order valence-corrected chi connectivity index (χ0v) is 16.6. The summed E-state index contributed by atoms with van der Waals surface area (Å²) in [6, 6.07) is 12.1. The Kier molecular flexibility index (Phi) is 3.93. The number of nitrogens with zero attached hydrogens (tertiary/aromatic N) is 4. The van der Waals surface area contributed by atoms with Crippen molar-refractivity contribution in [2.75, 3.05) is 11.5 Å². The fourth-order valence-corrected chi connectivity index (χ4v) is 5.87. The zero-order chi connectivity index (χ0) is 22.2. The van der Waals surface area contributed by atoms with Gasteiger partial charge in [-0.2, -0.15) is 5.26 Å². The number of aliphatic hydroxyl groups is 2. The summed E-state index contributed by atoms with van der Waals surface area (Å²) in [7, 11) is 0. The highest BCUT2D eigenvalue weighted by atomic mass is 16.6. The van der Waals surface area contributed by atoms with Gasteiger partial charge in [-0.3, -0.25) is 9.59 Å². The van der Waals surface area contributed by atoms with Crippen LogP contribution in [0.5, 0.6) is 0 Å². The number of carbonyl (C=O) groups is 2. The fraction of sp³-hybridized carbons (Fsp3) is 0.409. The van der Waals surface area contributed by atoms with Gasteiger partial charge in [0.1, 0.15) is 17.1 Å². The van der Waals surface area contributed by atoms with Crippen molar-refractivity contribution in [3.05, 3.63) is 47.5 Å². The van der Waals surface area contributed by atoms with Crippen LogP contribution < -0.4 is 4.90 Å². The molecule has 2 aromatic rings. The molecular weight excluding hydrogens is 400 g/mol. The van der Waals surface area contributed by atoms with Crippen molar-refractivity contribution in [1.29, 1.82) is 5.26 Å². The molecule has 0 radical (unpaired) electrons. The number of aliphatic hydroxyl groups excluding tert-OH is 2. The standard InChI is InChI=1S/C22H19N4O5/c1-20-16(28)10-21(31-20,8-9-27)22(25-24)17(20)18(29)26(19(22)30)15-7-6-12(11-23)13-4-2-3-5-14(13)15/h2-7,16-17,27-28H,8-10H2,1H3/q-1/t16-,17?,20?,21?,22-/m1/s1. The number of benzene rings is 2. The largest absolute Gasteiger partial charge is 0.711 e. The molecule has 5 rings (SSSR count). The van der Waals surface area contributed by atoms with Crippen LogP contribution in [0.1, 0.15) is 25.3 Å².